The van der Waals surface area contributed by atoms with Crippen molar-refractivity contribution in [1.29, 1.82) is 0 Å². The van der Waals surface area contributed by atoms with E-state index in [0.29, 0.717) is 17.5 Å². The Kier molecular flexibility index (Phi) is 13.3. The molecule has 5 N–H and O–H groups in total. The number of allylic oxidation sites excluding steroid dienone is 1. The number of hydrogen-bond donors (Lipinski definition) is 5. The van der Waals surface area contributed by atoms with Gasteiger partial charge in [0.25, 0.3) is 0 Å². The predicted molar refractivity (Wildman–Crippen MR) is 194 cm³/mol. The van der Waals surface area contributed by atoms with Crippen molar-refractivity contribution in [3.8, 4) is 5.75 Å². The number of H-pyrrole nitrogens is 1. The van der Waals surface area contributed by atoms with Crippen LogP contribution < -0.4 is 15.2 Å². The summed E-state index contributed by atoms with van der Waals surface area (Å²) in [5.41, 5.74) is 2.47. The maximum absolute atomic E-state index is 14.5. The molecule has 16 heteroatoms. The van der Waals surface area contributed by atoms with Gasteiger partial charge in [-0.15, -0.1) is 0 Å². The molecule has 3 aromatic rings. The predicted octanol–water partition coefficient (Wildman–Crippen LogP) is 4.59. The van der Waals surface area contributed by atoms with Gasteiger partial charge in [-0.2, -0.15) is 0 Å². The zero-order chi connectivity index (χ0) is 38.5. The number of benzene rings is 2. The SMILES string of the molecule is CO[C@@H]1C(=O)O[C@H](C)[C@@H](C)/C=C(/C)C[C@H](C)C(=O)N[C@@H](C)C(=O)N(C)[C@H](Cc2c(Cl)[nH]c3ccccc23)C(=O)N[C@@H]1c1ccc(OP(=O)(O)O)cc1. The highest BCUT2D eigenvalue weighted by atomic mass is 35.5. The van der Waals surface area contributed by atoms with Gasteiger partial charge in [-0.25, -0.2) is 9.36 Å². The largest absolute Gasteiger partial charge is 0.524 e. The lowest BCUT2D eigenvalue weighted by Gasteiger charge is -2.33. The van der Waals surface area contributed by atoms with Crippen molar-refractivity contribution in [2.75, 3.05) is 14.2 Å². The molecule has 0 radical (unpaired) electrons. The van der Waals surface area contributed by atoms with Gasteiger partial charge in [-0.3, -0.25) is 24.2 Å². The van der Waals surface area contributed by atoms with Gasteiger partial charge >= 0.3 is 13.8 Å². The topological polar surface area (TPSA) is 197 Å². The minimum Gasteiger partial charge on any atom is -0.460 e. The normalized spacial score (nSPS) is 27.2. The number of fused-ring (bicyclic) bond motifs is 1. The number of para-hydroxylation sites is 1. The summed E-state index contributed by atoms with van der Waals surface area (Å²) in [7, 11) is -2.15. The summed E-state index contributed by atoms with van der Waals surface area (Å²) < 4.78 is 27.7. The molecule has 0 aliphatic carbocycles. The van der Waals surface area contributed by atoms with Crippen LogP contribution in [0, 0.1) is 11.8 Å². The molecule has 1 aliphatic heterocycles. The summed E-state index contributed by atoms with van der Waals surface area (Å²) >= 11 is 6.65. The highest BCUT2D eigenvalue weighted by Crippen LogP contribution is 2.38. The van der Waals surface area contributed by atoms with Gasteiger partial charge in [0.1, 0.15) is 29.1 Å². The molecule has 2 heterocycles. The molecule has 7 atom stereocenters. The Hall–Kier alpha value is -4.20. The Labute approximate surface area is 307 Å². The molecule has 14 nitrogen and oxygen atoms in total. The van der Waals surface area contributed by atoms with E-state index in [2.05, 4.69) is 20.1 Å². The molecule has 52 heavy (non-hydrogen) atoms. The maximum atomic E-state index is 14.5. The van der Waals surface area contributed by atoms with Crippen LogP contribution in [0.5, 0.6) is 5.75 Å². The van der Waals surface area contributed by atoms with Gasteiger partial charge in [0, 0.05) is 43.3 Å². The Balaban J connectivity index is 1.83. The van der Waals surface area contributed by atoms with Crippen molar-refractivity contribution in [2.45, 2.75) is 77.8 Å². The zero-order valence-corrected chi connectivity index (χ0v) is 31.7. The highest BCUT2D eigenvalue weighted by molar-refractivity contribution is 7.46. The Bertz CT molecular complexity index is 1860. The summed E-state index contributed by atoms with van der Waals surface area (Å²) in [6, 6.07) is 9.21. The van der Waals surface area contributed by atoms with E-state index in [1.165, 1.54) is 43.3 Å². The monoisotopic (exact) mass is 760 g/mol. The highest BCUT2D eigenvalue weighted by Gasteiger charge is 2.38. The van der Waals surface area contributed by atoms with Crippen LogP contribution in [0.15, 0.2) is 60.2 Å². The quantitative estimate of drug-likeness (QED) is 0.135. The summed E-state index contributed by atoms with van der Waals surface area (Å²) in [5.74, 6) is -3.30. The van der Waals surface area contributed by atoms with E-state index in [-0.39, 0.29) is 29.1 Å². The van der Waals surface area contributed by atoms with Crippen molar-refractivity contribution in [3.63, 3.8) is 0 Å². The summed E-state index contributed by atoms with van der Waals surface area (Å²) in [4.78, 5) is 78.4. The fraction of sp³-hybridized carbons (Fsp3) is 0.444. The number of hydrogen-bond acceptors (Lipinski definition) is 8. The number of nitrogens with zero attached hydrogens (tertiary/aromatic N) is 1. The van der Waals surface area contributed by atoms with Crippen LogP contribution in [0.3, 0.4) is 0 Å². The van der Waals surface area contributed by atoms with Crippen molar-refractivity contribution in [2.24, 2.45) is 11.8 Å². The Morgan fingerprint density at radius 3 is 2.27 bits per heavy atom. The van der Waals surface area contributed by atoms with Crippen molar-refractivity contribution in [3.05, 3.63) is 76.5 Å². The third kappa shape index (κ3) is 10.0. The lowest BCUT2D eigenvalue weighted by atomic mass is 9.95. The smallest absolute Gasteiger partial charge is 0.460 e. The van der Waals surface area contributed by atoms with Gasteiger partial charge in [0.2, 0.25) is 17.7 Å². The molecule has 282 valence electrons. The molecule has 3 amide bonds. The van der Waals surface area contributed by atoms with Crippen LogP contribution in [0.4, 0.5) is 0 Å². The molecule has 2 aromatic carbocycles. The van der Waals surface area contributed by atoms with E-state index in [4.69, 9.17) is 21.1 Å². The van der Waals surface area contributed by atoms with E-state index in [1.54, 1.807) is 20.8 Å². The molecule has 0 bridgehead atoms. The Morgan fingerprint density at radius 2 is 1.63 bits per heavy atom. The number of rotatable bonds is 6. The molecule has 4 rings (SSSR count). The molecule has 0 unspecified atom stereocenters. The summed E-state index contributed by atoms with van der Waals surface area (Å²) in [6.45, 7) is 8.76. The number of aromatic amines is 1. The molecular weight excluding hydrogens is 715 g/mol. The first kappa shape index (κ1) is 40.6. The van der Waals surface area contributed by atoms with Crippen LogP contribution in [0.2, 0.25) is 5.15 Å². The van der Waals surface area contributed by atoms with Crippen molar-refractivity contribution >= 4 is 54.0 Å². The number of likely N-dealkylation sites (N-methyl/N-ethyl adjacent to an activating group) is 1. The second-order valence-corrected chi connectivity index (χ2v) is 14.8. The number of amides is 3. The average molecular weight is 761 g/mol. The third-order valence-electron chi connectivity index (χ3n) is 9.22. The van der Waals surface area contributed by atoms with Crippen LogP contribution >= 0.6 is 19.4 Å². The summed E-state index contributed by atoms with van der Waals surface area (Å²) in [6.07, 6.45) is 0.194. The van der Waals surface area contributed by atoms with Gasteiger partial charge in [-0.05, 0) is 56.5 Å². The zero-order valence-electron chi connectivity index (χ0n) is 30.1. The maximum Gasteiger partial charge on any atom is 0.524 e. The average Bonchev–Trinajstić information content (AvgIpc) is 3.39. The lowest BCUT2D eigenvalue weighted by molar-refractivity contribution is -0.164. The van der Waals surface area contributed by atoms with Crippen LogP contribution in [0.1, 0.15) is 58.2 Å². The van der Waals surface area contributed by atoms with E-state index in [1.807, 2.05) is 44.2 Å². The number of carbonyl (C=O) groups excluding carboxylic acids is 4. The van der Waals surface area contributed by atoms with Crippen LogP contribution in [0.25, 0.3) is 10.9 Å². The minimum atomic E-state index is -4.88. The fourth-order valence-electron chi connectivity index (χ4n) is 6.25. The molecule has 0 saturated carbocycles. The summed E-state index contributed by atoms with van der Waals surface area (Å²) in [5, 5.41) is 6.67. The molecule has 0 spiro atoms. The third-order valence-corrected chi connectivity index (χ3v) is 9.99. The van der Waals surface area contributed by atoms with E-state index >= 15 is 0 Å². The number of carbonyl (C=O) groups is 4. The number of phosphoric acid groups is 1. The second-order valence-electron chi connectivity index (χ2n) is 13.3. The van der Waals surface area contributed by atoms with Crippen LogP contribution in [-0.4, -0.2) is 81.8 Å². The number of cyclic esters (lactones) is 1. The second kappa shape index (κ2) is 17.1. The van der Waals surface area contributed by atoms with E-state index in [9.17, 15) is 33.5 Å². The molecule has 1 aliphatic rings. The molecule has 1 aromatic heterocycles. The van der Waals surface area contributed by atoms with Crippen molar-refractivity contribution < 1.29 is 47.5 Å². The molecule has 0 fully saturated rings. The van der Waals surface area contributed by atoms with Gasteiger partial charge in [0.05, 0.1) is 6.04 Å². The van der Waals surface area contributed by atoms with Crippen molar-refractivity contribution in [1.82, 2.24) is 20.5 Å². The number of phosphoric ester groups is 1. The van der Waals surface area contributed by atoms with E-state index < -0.39 is 61.9 Å². The van der Waals surface area contributed by atoms with Crippen LogP contribution in [-0.2, 0) is 39.6 Å². The first-order valence-electron chi connectivity index (χ1n) is 16.8. The van der Waals surface area contributed by atoms with E-state index in [0.717, 1.165) is 16.5 Å². The number of nitrogens with one attached hydrogen (secondary N) is 3. The van der Waals surface area contributed by atoms with Gasteiger partial charge in [0.15, 0.2) is 6.10 Å². The minimum absolute atomic E-state index is 0.0591. The Morgan fingerprint density at radius 1 is 0.981 bits per heavy atom. The number of ether oxygens (including phenoxy) is 2. The number of aromatic nitrogens is 1. The standard InChI is InChI=1S/C36H46ClN4O10P/c1-19-16-20(2)23(5)50-36(45)31(49-7)30(24-12-14-25(15-13-24)51-52(46,47)48)40-34(43)29(18-27-26-10-8-9-11-28(26)39-32(27)37)41(6)35(44)22(4)38-33(42)21(3)17-19/h8-16,20-23,29-31,39H,17-18H2,1-7H3,(H,38,42)(H,40,43)(H2,46,47,48)/b19-16-/t20-,21-,22-,23+,29+,30+,31-/m0/s1. The first-order chi connectivity index (χ1) is 24.4. The number of halogens is 1. The lowest BCUT2D eigenvalue weighted by Crippen LogP contribution is -2.56. The van der Waals surface area contributed by atoms with Gasteiger partial charge < -0.3 is 34.5 Å². The number of esters is 1. The van der Waals surface area contributed by atoms with Gasteiger partial charge in [-0.1, -0.05) is 67.4 Å². The fourth-order valence-corrected chi connectivity index (χ4v) is 6.93. The number of methoxy groups -OCH3 is 1. The molecular formula is C36H46ClN4O10P. The first-order valence-corrected chi connectivity index (χ1v) is 18.7. The molecule has 0 saturated heterocycles.